The Hall–Kier alpha value is -0.0800. The topological polar surface area (TPSA) is 6.48 Å². The molecule has 1 atom stereocenters. The van der Waals surface area contributed by atoms with Gasteiger partial charge in [-0.3, -0.25) is 0 Å². The fourth-order valence-electron chi connectivity index (χ4n) is 3.18. The van der Waals surface area contributed by atoms with Gasteiger partial charge in [0.2, 0.25) is 0 Å². The fourth-order valence-corrected chi connectivity index (χ4v) is 3.18. The Morgan fingerprint density at radius 1 is 0.812 bits per heavy atom. The minimum Gasteiger partial charge on any atom is -0.306 e. The van der Waals surface area contributed by atoms with Gasteiger partial charge >= 0.3 is 0 Å². The van der Waals surface area contributed by atoms with Gasteiger partial charge in [-0.25, -0.2) is 0 Å². The molecule has 2 saturated heterocycles. The van der Waals surface area contributed by atoms with Crippen molar-refractivity contribution in [2.24, 2.45) is 5.92 Å². The van der Waals surface area contributed by atoms with Gasteiger partial charge in [-0.05, 0) is 71.2 Å². The van der Waals surface area contributed by atoms with Crippen LogP contribution in [0.15, 0.2) is 0 Å². The van der Waals surface area contributed by atoms with Crippen molar-refractivity contribution in [3.05, 3.63) is 0 Å². The molecule has 0 saturated carbocycles. The molecular formula is C14H28N2. The van der Waals surface area contributed by atoms with E-state index in [1.165, 1.54) is 77.7 Å². The molecule has 2 nitrogen and oxygen atoms in total. The van der Waals surface area contributed by atoms with Crippen molar-refractivity contribution in [1.29, 1.82) is 0 Å². The lowest BCUT2D eigenvalue weighted by molar-refractivity contribution is 0.225. The summed E-state index contributed by atoms with van der Waals surface area (Å²) in [4.78, 5) is 5.24. The quantitative estimate of drug-likeness (QED) is 0.711. The second-order valence-electron chi connectivity index (χ2n) is 5.82. The molecule has 0 aromatic heterocycles. The van der Waals surface area contributed by atoms with Crippen molar-refractivity contribution in [3.63, 3.8) is 0 Å². The zero-order valence-electron chi connectivity index (χ0n) is 11.0. The molecule has 0 bridgehead atoms. The molecule has 0 aromatic rings. The van der Waals surface area contributed by atoms with Crippen molar-refractivity contribution in [3.8, 4) is 0 Å². The Morgan fingerprint density at radius 2 is 1.56 bits per heavy atom. The summed E-state index contributed by atoms with van der Waals surface area (Å²) in [5.74, 6) is 0.975. The molecule has 0 N–H and O–H groups in total. The van der Waals surface area contributed by atoms with E-state index in [1.807, 2.05) is 0 Å². The van der Waals surface area contributed by atoms with E-state index < -0.39 is 0 Å². The van der Waals surface area contributed by atoms with Crippen molar-refractivity contribution in [2.75, 3.05) is 39.8 Å². The Kier molecular flexibility index (Phi) is 5.11. The predicted molar refractivity (Wildman–Crippen MR) is 69.7 cm³/mol. The predicted octanol–water partition coefficient (Wildman–Crippen LogP) is 2.59. The van der Waals surface area contributed by atoms with E-state index in [1.54, 1.807) is 0 Å². The van der Waals surface area contributed by atoms with Crippen LogP contribution in [0.4, 0.5) is 0 Å². The molecule has 0 aliphatic carbocycles. The highest BCUT2D eigenvalue weighted by atomic mass is 15.1. The maximum Gasteiger partial charge on any atom is 0.00101 e. The largest absolute Gasteiger partial charge is 0.306 e. The van der Waals surface area contributed by atoms with E-state index in [0.717, 1.165) is 5.92 Å². The van der Waals surface area contributed by atoms with Gasteiger partial charge in [0.15, 0.2) is 0 Å². The highest BCUT2D eigenvalue weighted by molar-refractivity contribution is 4.73. The zero-order chi connectivity index (χ0) is 11.2. The van der Waals surface area contributed by atoms with Crippen LogP contribution in [0.5, 0.6) is 0 Å². The molecule has 2 heterocycles. The van der Waals surface area contributed by atoms with Crippen LogP contribution in [-0.4, -0.2) is 49.6 Å². The van der Waals surface area contributed by atoms with Gasteiger partial charge in [0.05, 0.1) is 0 Å². The van der Waals surface area contributed by atoms with Crippen molar-refractivity contribution >= 4 is 0 Å². The maximum absolute atomic E-state index is 2.74. The van der Waals surface area contributed by atoms with Crippen LogP contribution in [0.25, 0.3) is 0 Å². The van der Waals surface area contributed by atoms with Crippen LogP contribution in [0.2, 0.25) is 0 Å². The molecule has 2 aliphatic heterocycles. The third-order valence-corrected chi connectivity index (χ3v) is 4.29. The van der Waals surface area contributed by atoms with E-state index in [4.69, 9.17) is 0 Å². The lowest BCUT2D eigenvalue weighted by Crippen LogP contribution is -2.31. The summed E-state index contributed by atoms with van der Waals surface area (Å²) in [6.45, 7) is 6.75. The van der Waals surface area contributed by atoms with Crippen molar-refractivity contribution < 1.29 is 0 Å². The summed E-state index contributed by atoms with van der Waals surface area (Å²) >= 11 is 0. The van der Waals surface area contributed by atoms with Crippen molar-refractivity contribution in [2.45, 2.75) is 44.9 Å². The standard InChI is InChI=1S/C14H28N2/c1-15-9-6-7-14(8-12-15)13-16-10-4-2-3-5-11-16/h14H,2-13H2,1H3. The average Bonchev–Trinajstić information content (AvgIpc) is 2.63. The Balaban J connectivity index is 1.74. The highest BCUT2D eigenvalue weighted by Crippen LogP contribution is 2.19. The third-order valence-electron chi connectivity index (χ3n) is 4.29. The van der Waals surface area contributed by atoms with E-state index in [9.17, 15) is 0 Å². The molecule has 0 spiro atoms. The molecule has 0 radical (unpaired) electrons. The number of hydrogen-bond donors (Lipinski definition) is 0. The molecule has 2 rings (SSSR count). The fraction of sp³-hybridized carbons (Fsp3) is 1.00. The van der Waals surface area contributed by atoms with Gasteiger partial charge in [0, 0.05) is 6.54 Å². The van der Waals surface area contributed by atoms with Gasteiger partial charge in [-0.15, -0.1) is 0 Å². The molecule has 16 heavy (non-hydrogen) atoms. The van der Waals surface area contributed by atoms with Crippen molar-refractivity contribution in [1.82, 2.24) is 9.80 Å². The van der Waals surface area contributed by atoms with Gasteiger partial charge in [0.1, 0.15) is 0 Å². The highest BCUT2D eigenvalue weighted by Gasteiger charge is 2.18. The van der Waals surface area contributed by atoms with E-state index in [-0.39, 0.29) is 0 Å². The van der Waals surface area contributed by atoms with Crippen LogP contribution in [0, 0.1) is 5.92 Å². The molecular weight excluding hydrogens is 196 g/mol. The lowest BCUT2D eigenvalue weighted by Gasteiger charge is -2.25. The summed E-state index contributed by atoms with van der Waals surface area (Å²) in [6.07, 6.45) is 10.1. The minimum atomic E-state index is 0.975. The lowest BCUT2D eigenvalue weighted by atomic mass is 10.00. The van der Waals surface area contributed by atoms with E-state index in [2.05, 4.69) is 16.8 Å². The average molecular weight is 224 g/mol. The monoisotopic (exact) mass is 224 g/mol. The Bertz CT molecular complexity index is 185. The van der Waals surface area contributed by atoms with Gasteiger partial charge in [-0.2, -0.15) is 0 Å². The summed E-state index contributed by atoms with van der Waals surface area (Å²) in [5, 5.41) is 0. The SMILES string of the molecule is CN1CCCC(CN2CCCCCC2)CC1. The first-order valence-electron chi connectivity index (χ1n) is 7.25. The second kappa shape index (κ2) is 6.61. The van der Waals surface area contributed by atoms with E-state index in [0.29, 0.717) is 0 Å². The number of likely N-dealkylation sites (tertiary alicyclic amines) is 2. The van der Waals surface area contributed by atoms with Crippen LogP contribution in [0.1, 0.15) is 44.9 Å². The summed E-state index contributed by atoms with van der Waals surface area (Å²) in [7, 11) is 2.27. The smallest absolute Gasteiger partial charge is 0.00101 e. The summed E-state index contributed by atoms with van der Waals surface area (Å²) < 4.78 is 0. The third kappa shape index (κ3) is 4.06. The van der Waals surface area contributed by atoms with E-state index >= 15 is 0 Å². The molecule has 0 amide bonds. The molecule has 1 unspecified atom stereocenters. The van der Waals surface area contributed by atoms with Crippen LogP contribution in [0.3, 0.4) is 0 Å². The molecule has 94 valence electrons. The first kappa shape index (κ1) is 12.4. The second-order valence-corrected chi connectivity index (χ2v) is 5.82. The van der Waals surface area contributed by atoms with Crippen LogP contribution in [-0.2, 0) is 0 Å². The molecule has 2 aliphatic rings. The Morgan fingerprint density at radius 3 is 2.31 bits per heavy atom. The normalized spacial score (nSPS) is 30.9. The number of hydrogen-bond acceptors (Lipinski definition) is 2. The molecule has 2 fully saturated rings. The van der Waals surface area contributed by atoms with Gasteiger partial charge in [0.25, 0.3) is 0 Å². The van der Waals surface area contributed by atoms with Crippen LogP contribution < -0.4 is 0 Å². The number of nitrogens with zero attached hydrogens (tertiary/aromatic N) is 2. The summed E-state index contributed by atoms with van der Waals surface area (Å²) in [5.41, 5.74) is 0. The molecule has 0 aromatic carbocycles. The van der Waals surface area contributed by atoms with Crippen LogP contribution >= 0.6 is 0 Å². The minimum absolute atomic E-state index is 0.975. The molecule has 2 heteroatoms. The van der Waals surface area contributed by atoms with Gasteiger partial charge in [-0.1, -0.05) is 12.8 Å². The maximum atomic E-state index is 2.74. The number of rotatable bonds is 2. The first-order valence-corrected chi connectivity index (χ1v) is 7.25. The Labute approximate surface area is 101 Å². The van der Waals surface area contributed by atoms with Gasteiger partial charge < -0.3 is 9.80 Å². The zero-order valence-corrected chi connectivity index (χ0v) is 11.0. The first-order chi connectivity index (χ1) is 7.84. The summed E-state index contributed by atoms with van der Waals surface area (Å²) in [6, 6.07) is 0.